The number of aryl methyl sites for hydroxylation is 1. The first-order valence-corrected chi connectivity index (χ1v) is 14.5. The summed E-state index contributed by atoms with van der Waals surface area (Å²) in [7, 11) is 0. The van der Waals surface area contributed by atoms with E-state index < -0.39 is 0 Å². The van der Waals surface area contributed by atoms with Crippen LogP contribution in [0.25, 0.3) is 66.1 Å². The van der Waals surface area contributed by atoms with Crippen molar-refractivity contribution in [3.8, 4) is 28.4 Å². The van der Waals surface area contributed by atoms with Gasteiger partial charge in [-0.2, -0.15) is 11.2 Å². The van der Waals surface area contributed by atoms with Gasteiger partial charge in [0.2, 0.25) is 0 Å². The van der Waals surface area contributed by atoms with Crippen molar-refractivity contribution in [3.05, 3.63) is 139 Å². The molecule has 0 bridgehead atoms. The molecule has 7 heteroatoms. The first kappa shape index (κ1) is 27.2. The van der Waals surface area contributed by atoms with Crippen molar-refractivity contribution in [2.75, 3.05) is 0 Å². The van der Waals surface area contributed by atoms with Crippen LogP contribution in [0.4, 0.5) is 0 Å². The van der Waals surface area contributed by atoms with E-state index in [1.165, 1.54) is 11.1 Å². The Balaban J connectivity index is 0.00000300. The van der Waals surface area contributed by atoms with Crippen LogP contribution in [0, 0.1) is 19.1 Å². The van der Waals surface area contributed by atoms with E-state index in [0.29, 0.717) is 11.5 Å². The van der Waals surface area contributed by atoms with Gasteiger partial charge in [0.15, 0.2) is 0 Å². The summed E-state index contributed by atoms with van der Waals surface area (Å²) in [6, 6.07) is 44.2. The summed E-state index contributed by atoms with van der Waals surface area (Å²) in [6.07, 6.45) is 3.40. The molecule has 0 saturated carbocycles. The molecular formula is C38H23N5OPt. The average Bonchev–Trinajstić information content (AvgIpc) is 3.69. The summed E-state index contributed by atoms with van der Waals surface area (Å²) in [6.45, 7) is 2.14. The van der Waals surface area contributed by atoms with Crippen LogP contribution in [0.2, 0.25) is 0 Å². The zero-order valence-corrected chi connectivity index (χ0v) is 26.3. The van der Waals surface area contributed by atoms with Crippen molar-refractivity contribution < 1.29 is 25.8 Å². The number of ether oxygens (including phenoxy) is 1. The van der Waals surface area contributed by atoms with E-state index in [9.17, 15) is 0 Å². The van der Waals surface area contributed by atoms with Crippen molar-refractivity contribution in [2.45, 2.75) is 6.92 Å². The van der Waals surface area contributed by atoms with Crippen LogP contribution in [0.15, 0.2) is 122 Å². The van der Waals surface area contributed by atoms with Crippen LogP contribution >= 0.6 is 0 Å². The Morgan fingerprint density at radius 1 is 0.644 bits per heavy atom. The van der Waals surface area contributed by atoms with Crippen LogP contribution in [0.3, 0.4) is 0 Å². The van der Waals surface area contributed by atoms with E-state index in [1.54, 1.807) is 12.5 Å². The van der Waals surface area contributed by atoms with Gasteiger partial charge in [-0.05, 0) is 58.7 Å². The molecule has 9 rings (SSSR count). The number of aromatic nitrogens is 5. The summed E-state index contributed by atoms with van der Waals surface area (Å²) < 4.78 is 10.5. The molecule has 0 radical (unpaired) electrons. The van der Waals surface area contributed by atoms with E-state index >= 15 is 0 Å². The van der Waals surface area contributed by atoms with Gasteiger partial charge in [0, 0.05) is 23.2 Å². The fraction of sp³-hybridized carbons (Fsp3) is 0.0263. The quantitative estimate of drug-likeness (QED) is 0.133. The summed E-state index contributed by atoms with van der Waals surface area (Å²) in [5.74, 6) is 1.99. The van der Waals surface area contributed by atoms with Gasteiger partial charge >= 0.3 is 21.1 Å². The van der Waals surface area contributed by atoms with E-state index in [1.807, 2.05) is 40.9 Å². The zero-order valence-electron chi connectivity index (χ0n) is 24.0. The molecule has 216 valence electrons. The maximum Gasteiger partial charge on any atom is 2.00 e. The van der Waals surface area contributed by atoms with Crippen molar-refractivity contribution in [2.24, 2.45) is 0 Å². The molecule has 45 heavy (non-hydrogen) atoms. The van der Waals surface area contributed by atoms with Crippen molar-refractivity contribution in [3.63, 3.8) is 0 Å². The van der Waals surface area contributed by atoms with E-state index in [-0.39, 0.29) is 21.1 Å². The number of hydrogen-bond donors (Lipinski definition) is 0. The van der Waals surface area contributed by atoms with Crippen LogP contribution in [-0.2, 0) is 21.1 Å². The third-order valence-electron chi connectivity index (χ3n) is 8.32. The van der Waals surface area contributed by atoms with Crippen LogP contribution in [-0.4, -0.2) is 24.1 Å². The molecule has 0 N–H and O–H groups in total. The molecule has 0 unspecified atom stereocenters. The maximum atomic E-state index is 6.45. The molecule has 9 aromatic rings. The molecule has 0 spiro atoms. The third-order valence-corrected chi connectivity index (χ3v) is 8.32. The summed E-state index contributed by atoms with van der Waals surface area (Å²) >= 11 is 0. The minimum Gasteiger partial charge on any atom is -0.503 e. The van der Waals surface area contributed by atoms with Gasteiger partial charge in [-0.15, -0.1) is 29.7 Å². The summed E-state index contributed by atoms with van der Waals surface area (Å²) in [5.41, 5.74) is 7.24. The Kier molecular flexibility index (Phi) is 6.47. The average molecular weight is 761 g/mol. The fourth-order valence-electron chi connectivity index (χ4n) is 6.38. The van der Waals surface area contributed by atoms with Gasteiger partial charge in [0.05, 0.1) is 11.2 Å². The largest absolute Gasteiger partial charge is 2.00 e. The molecule has 5 aromatic carbocycles. The second-order valence-corrected chi connectivity index (χ2v) is 10.8. The Labute approximate surface area is 272 Å². The first-order valence-electron chi connectivity index (χ1n) is 14.5. The number of para-hydroxylation sites is 1. The van der Waals surface area contributed by atoms with Gasteiger partial charge in [0.1, 0.15) is 12.1 Å². The Bertz CT molecular complexity index is 2550. The normalized spacial score (nSPS) is 11.5. The molecule has 0 saturated heterocycles. The zero-order chi connectivity index (χ0) is 29.2. The smallest absolute Gasteiger partial charge is 0.503 e. The predicted molar refractivity (Wildman–Crippen MR) is 174 cm³/mol. The van der Waals surface area contributed by atoms with Gasteiger partial charge in [-0.25, -0.2) is 4.98 Å². The fourth-order valence-corrected chi connectivity index (χ4v) is 6.38. The number of pyridine rings is 2. The van der Waals surface area contributed by atoms with Crippen molar-refractivity contribution >= 4 is 49.1 Å². The molecule has 0 atom stereocenters. The minimum absolute atomic E-state index is 0. The van der Waals surface area contributed by atoms with Gasteiger partial charge < -0.3 is 9.30 Å². The molecule has 0 aliphatic rings. The molecular weight excluding hydrogens is 738 g/mol. The molecule has 0 aliphatic heterocycles. The summed E-state index contributed by atoms with van der Waals surface area (Å²) in [5, 5.41) is 9.80. The number of benzene rings is 5. The van der Waals surface area contributed by atoms with E-state index in [4.69, 9.17) is 4.74 Å². The molecule has 6 nitrogen and oxygen atoms in total. The van der Waals surface area contributed by atoms with Crippen LogP contribution in [0.1, 0.15) is 5.56 Å². The monoisotopic (exact) mass is 760 g/mol. The minimum atomic E-state index is 0. The summed E-state index contributed by atoms with van der Waals surface area (Å²) in [4.78, 5) is 9.26. The second-order valence-electron chi connectivity index (χ2n) is 10.8. The van der Waals surface area contributed by atoms with Crippen molar-refractivity contribution in [1.82, 2.24) is 24.1 Å². The number of rotatable bonds is 4. The second kappa shape index (κ2) is 10.7. The maximum absolute atomic E-state index is 6.45. The van der Waals surface area contributed by atoms with E-state index in [0.717, 1.165) is 60.5 Å². The van der Waals surface area contributed by atoms with Crippen LogP contribution < -0.4 is 4.74 Å². The van der Waals surface area contributed by atoms with Gasteiger partial charge in [0.25, 0.3) is 0 Å². The molecule has 0 aliphatic carbocycles. The first-order chi connectivity index (χ1) is 21.7. The van der Waals surface area contributed by atoms with Gasteiger partial charge in [-0.1, -0.05) is 83.0 Å². The molecule has 0 amide bonds. The van der Waals surface area contributed by atoms with Crippen molar-refractivity contribution in [1.29, 1.82) is 0 Å². The molecule has 0 fully saturated rings. The Morgan fingerprint density at radius 3 is 2.27 bits per heavy atom. The van der Waals surface area contributed by atoms with Gasteiger partial charge in [-0.3, -0.25) is 9.50 Å². The topological polar surface area (TPSA) is 57.2 Å². The van der Waals surface area contributed by atoms with Crippen LogP contribution in [0.5, 0.6) is 11.5 Å². The molecule has 4 heterocycles. The third kappa shape index (κ3) is 4.25. The van der Waals surface area contributed by atoms with E-state index in [2.05, 4.69) is 111 Å². The number of fused-ring (bicyclic) bond motifs is 9. The predicted octanol–water partition coefficient (Wildman–Crippen LogP) is 8.89. The Morgan fingerprint density at radius 2 is 1.40 bits per heavy atom. The molecule has 4 aromatic heterocycles. The number of hydrogen-bond acceptors (Lipinski definition) is 4. The SMILES string of the molecule is Cc1ccccc1-c1cccc2c1c1ccc(Oc3[c-]c4c(cc3)c3ccccc3n4-c3ccccn3)[c-]c1c1ncnn21.[Pt+2]. The Hall–Kier alpha value is -5.32. The number of nitrogens with zero attached hydrogens (tertiary/aromatic N) is 5. The standard InChI is InChI=1S/C38H23N5O.Pt/c1-24-9-2-3-10-27(24)30-12-8-14-34-37(30)31-19-17-25(21-32(31)38-40-23-41-43(34)38)44-26-16-18-29-28-11-4-5-13-33(28)42(35(29)22-26)36-15-6-7-20-39-36;/h2-20,23H,1H3;/q-2;+2.